The van der Waals surface area contributed by atoms with Crippen molar-refractivity contribution in [3.05, 3.63) is 63.2 Å². The molecule has 9 nitrogen and oxygen atoms in total. The Bertz CT molecular complexity index is 1070. The number of hydrogen-bond donors (Lipinski definition) is 2. The van der Waals surface area contributed by atoms with Crippen molar-refractivity contribution < 1.29 is 19.3 Å². The largest absolute Gasteiger partial charge is 0.340 e. The third-order valence-corrected chi connectivity index (χ3v) is 5.46. The van der Waals surface area contributed by atoms with Crippen molar-refractivity contribution >= 4 is 46.4 Å². The number of nitro benzene ring substituents is 1. The summed E-state index contributed by atoms with van der Waals surface area (Å²) in [6.07, 6.45) is 1.29. The predicted molar refractivity (Wildman–Crippen MR) is 121 cm³/mol. The van der Waals surface area contributed by atoms with Gasteiger partial charge < -0.3 is 15.5 Å². The van der Waals surface area contributed by atoms with Gasteiger partial charge >= 0.3 is 0 Å². The van der Waals surface area contributed by atoms with Gasteiger partial charge in [-0.05, 0) is 42.7 Å². The second kappa shape index (κ2) is 9.78. The number of benzene rings is 2. The van der Waals surface area contributed by atoms with Crippen molar-refractivity contribution in [2.75, 3.05) is 16.8 Å². The number of hydrogen-bond acceptors (Lipinski definition) is 5. The van der Waals surface area contributed by atoms with Crippen LogP contribution >= 0.6 is 11.6 Å². The van der Waals surface area contributed by atoms with Gasteiger partial charge in [0.1, 0.15) is 11.1 Å². The normalized spacial score (nSPS) is 14.4. The van der Waals surface area contributed by atoms with E-state index in [2.05, 4.69) is 10.6 Å². The van der Waals surface area contributed by atoms with Crippen LogP contribution in [-0.2, 0) is 9.59 Å². The lowest BCUT2D eigenvalue weighted by Gasteiger charge is -2.22. The molecule has 2 aromatic rings. The van der Waals surface area contributed by atoms with E-state index >= 15 is 0 Å². The lowest BCUT2D eigenvalue weighted by atomic mass is 10.0. The van der Waals surface area contributed by atoms with E-state index in [1.165, 1.54) is 12.1 Å². The molecule has 1 aliphatic rings. The lowest BCUT2D eigenvalue weighted by Crippen LogP contribution is -2.47. The first-order chi connectivity index (χ1) is 15.2. The Morgan fingerprint density at radius 3 is 2.56 bits per heavy atom. The van der Waals surface area contributed by atoms with Crippen molar-refractivity contribution in [3.8, 4) is 0 Å². The van der Waals surface area contributed by atoms with E-state index in [4.69, 9.17) is 11.6 Å². The number of nitrogens with zero attached hydrogens (tertiary/aromatic N) is 2. The number of carbonyl (C=O) groups excluding carboxylic acids is 3. The zero-order valence-electron chi connectivity index (χ0n) is 17.6. The van der Waals surface area contributed by atoms with Gasteiger partial charge in [0.25, 0.3) is 11.6 Å². The molecule has 0 radical (unpaired) electrons. The van der Waals surface area contributed by atoms with E-state index in [1.807, 2.05) is 0 Å². The minimum absolute atomic E-state index is 0.0223. The van der Waals surface area contributed by atoms with Crippen LogP contribution in [-0.4, -0.2) is 35.2 Å². The molecule has 1 heterocycles. The fourth-order valence-electron chi connectivity index (χ4n) is 3.45. The molecule has 0 spiro atoms. The SMILES string of the molecule is CC(C)[C@H](NC(=O)c1ccc(Cl)c([N+](=O)[O-])c1)C(=O)Nc1cccc(N2CCCC2=O)c1. The van der Waals surface area contributed by atoms with Gasteiger partial charge in [0.15, 0.2) is 0 Å². The zero-order valence-corrected chi connectivity index (χ0v) is 18.4. The Morgan fingerprint density at radius 2 is 1.94 bits per heavy atom. The van der Waals surface area contributed by atoms with Gasteiger partial charge in [-0.2, -0.15) is 0 Å². The summed E-state index contributed by atoms with van der Waals surface area (Å²) < 4.78 is 0. The van der Waals surface area contributed by atoms with Crippen LogP contribution in [0, 0.1) is 16.0 Å². The average Bonchev–Trinajstić information content (AvgIpc) is 3.17. The monoisotopic (exact) mass is 458 g/mol. The number of amides is 3. The van der Waals surface area contributed by atoms with Crippen LogP contribution < -0.4 is 15.5 Å². The number of nitro groups is 1. The highest BCUT2D eigenvalue weighted by atomic mass is 35.5. The van der Waals surface area contributed by atoms with Crippen LogP contribution in [0.15, 0.2) is 42.5 Å². The van der Waals surface area contributed by atoms with Crippen LogP contribution in [0.3, 0.4) is 0 Å². The molecule has 0 saturated carbocycles. The Labute approximate surface area is 189 Å². The van der Waals surface area contributed by atoms with E-state index in [-0.39, 0.29) is 22.4 Å². The molecule has 2 aromatic carbocycles. The Morgan fingerprint density at radius 1 is 1.19 bits per heavy atom. The van der Waals surface area contributed by atoms with E-state index in [0.29, 0.717) is 24.3 Å². The first-order valence-corrected chi connectivity index (χ1v) is 10.5. The molecule has 1 saturated heterocycles. The average molecular weight is 459 g/mol. The molecule has 10 heteroatoms. The quantitative estimate of drug-likeness (QED) is 0.483. The van der Waals surface area contributed by atoms with Gasteiger partial charge in [-0.3, -0.25) is 24.5 Å². The van der Waals surface area contributed by atoms with E-state index < -0.39 is 28.5 Å². The molecule has 1 atom stereocenters. The molecule has 32 heavy (non-hydrogen) atoms. The molecular weight excluding hydrogens is 436 g/mol. The maximum absolute atomic E-state index is 12.9. The van der Waals surface area contributed by atoms with Gasteiger partial charge in [0.05, 0.1) is 4.92 Å². The first kappa shape index (κ1) is 23.2. The molecule has 1 aliphatic heterocycles. The van der Waals surface area contributed by atoms with E-state index in [9.17, 15) is 24.5 Å². The van der Waals surface area contributed by atoms with Crippen molar-refractivity contribution in [2.24, 2.45) is 5.92 Å². The molecule has 168 valence electrons. The minimum Gasteiger partial charge on any atom is -0.340 e. The molecule has 0 unspecified atom stereocenters. The number of carbonyl (C=O) groups is 3. The topological polar surface area (TPSA) is 122 Å². The predicted octanol–water partition coefficient (Wildman–Crippen LogP) is 3.77. The second-order valence-corrected chi connectivity index (χ2v) is 8.21. The number of nitrogens with one attached hydrogen (secondary N) is 2. The summed E-state index contributed by atoms with van der Waals surface area (Å²) in [5.41, 5.74) is 0.824. The maximum atomic E-state index is 12.9. The van der Waals surface area contributed by atoms with Crippen molar-refractivity contribution in [3.63, 3.8) is 0 Å². The van der Waals surface area contributed by atoms with E-state index in [1.54, 1.807) is 43.0 Å². The zero-order chi connectivity index (χ0) is 23.4. The Hall–Kier alpha value is -3.46. The fourth-order valence-corrected chi connectivity index (χ4v) is 3.63. The fraction of sp³-hybridized carbons (Fsp3) is 0.318. The second-order valence-electron chi connectivity index (χ2n) is 7.81. The molecule has 0 bridgehead atoms. The molecule has 3 amide bonds. The summed E-state index contributed by atoms with van der Waals surface area (Å²) in [6.45, 7) is 4.18. The van der Waals surface area contributed by atoms with Crippen LogP contribution in [0.25, 0.3) is 0 Å². The molecule has 1 fully saturated rings. The first-order valence-electron chi connectivity index (χ1n) is 10.1. The van der Waals surface area contributed by atoms with Gasteiger partial charge in [0.2, 0.25) is 11.8 Å². The third-order valence-electron chi connectivity index (χ3n) is 5.14. The van der Waals surface area contributed by atoms with Gasteiger partial charge in [-0.25, -0.2) is 0 Å². The third kappa shape index (κ3) is 5.23. The summed E-state index contributed by atoms with van der Waals surface area (Å²) in [7, 11) is 0. The summed E-state index contributed by atoms with van der Waals surface area (Å²) in [6, 6.07) is 9.76. The highest BCUT2D eigenvalue weighted by Crippen LogP contribution is 2.26. The summed E-state index contributed by atoms with van der Waals surface area (Å²) >= 11 is 5.80. The highest BCUT2D eigenvalue weighted by Gasteiger charge is 2.27. The summed E-state index contributed by atoms with van der Waals surface area (Å²) in [4.78, 5) is 49.6. The summed E-state index contributed by atoms with van der Waals surface area (Å²) in [5, 5.41) is 16.4. The number of halogens is 1. The smallest absolute Gasteiger partial charge is 0.288 e. The van der Waals surface area contributed by atoms with Crippen LogP contribution in [0.4, 0.5) is 17.1 Å². The number of rotatable bonds is 7. The van der Waals surface area contributed by atoms with E-state index in [0.717, 1.165) is 12.5 Å². The van der Waals surface area contributed by atoms with Crippen LogP contribution in [0.5, 0.6) is 0 Å². The van der Waals surface area contributed by atoms with Gasteiger partial charge in [0, 0.05) is 36.0 Å². The molecule has 0 aliphatic carbocycles. The Kier molecular flexibility index (Phi) is 7.09. The standard InChI is InChI=1S/C22H23ClN4O5/c1-13(2)20(25-21(29)14-8-9-17(23)18(11-14)27(31)32)22(30)24-15-5-3-6-16(12-15)26-10-4-7-19(26)28/h3,5-6,8-9,11-13,20H,4,7,10H2,1-2H3,(H,24,30)(H,25,29)/t20-/m0/s1. The van der Waals surface area contributed by atoms with Crippen LogP contribution in [0.1, 0.15) is 37.0 Å². The molecular formula is C22H23ClN4O5. The minimum atomic E-state index is -0.894. The maximum Gasteiger partial charge on any atom is 0.288 e. The summed E-state index contributed by atoms with van der Waals surface area (Å²) in [5.74, 6) is -1.29. The molecule has 0 aromatic heterocycles. The number of anilines is 2. The molecule has 3 rings (SSSR count). The van der Waals surface area contributed by atoms with Crippen LogP contribution in [0.2, 0.25) is 5.02 Å². The van der Waals surface area contributed by atoms with Crippen molar-refractivity contribution in [2.45, 2.75) is 32.7 Å². The van der Waals surface area contributed by atoms with Gasteiger partial charge in [-0.1, -0.05) is 31.5 Å². The van der Waals surface area contributed by atoms with Crippen molar-refractivity contribution in [1.82, 2.24) is 5.32 Å². The molecule has 2 N–H and O–H groups in total. The van der Waals surface area contributed by atoms with Crippen molar-refractivity contribution in [1.29, 1.82) is 0 Å². The van der Waals surface area contributed by atoms with Gasteiger partial charge in [-0.15, -0.1) is 0 Å². The highest BCUT2D eigenvalue weighted by molar-refractivity contribution is 6.32. The lowest BCUT2D eigenvalue weighted by molar-refractivity contribution is -0.384. The Balaban J connectivity index is 1.74.